The van der Waals surface area contributed by atoms with Crippen molar-refractivity contribution in [2.45, 2.75) is 89.3 Å². The Bertz CT molecular complexity index is 359. The Balaban J connectivity index is 1.51. The Kier molecular flexibility index (Phi) is 3.41. The lowest BCUT2D eigenvalue weighted by Crippen LogP contribution is -2.58. The number of nitrogens with zero attached hydrogens (tertiary/aromatic N) is 1. The van der Waals surface area contributed by atoms with E-state index in [0.29, 0.717) is 17.9 Å². The molecule has 0 aromatic rings. The van der Waals surface area contributed by atoms with Crippen LogP contribution >= 0.6 is 0 Å². The SMILES string of the molecule is C[C@@H]1C[C@@H]2C[C@H](C1)C[C@@H](N1[C@@H]3CCC[C@H]1CC(=O)C3)C2. The summed E-state index contributed by atoms with van der Waals surface area (Å²) in [5, 5.41) is 0. The summed E-state index contributed by atoms with van der Waals surface area (Å²) in [5.41, 5.74) is 0. The Morgan fingerprint density at radius 1 is 0.850 bits per heavy atom. The van der Waals surface area contributed by atoms with Crippen LogP contribution in [0, 0.1) is 17.8 Å². The second-order valence-electron chi connectivity index (χ2n) is 8.30. The van der Waals surface area contributed by atoms with E-state index < -0.39 is 0 Å². The monoisotopic (exact) mass is 275 g/mol. The van der Waals surface area contributed by atoms with Crippen LogP contribution in [0.4, 0.5) is 0 Å². The fourth-order valence-electron chi connectivity index (χ4n) is 6.20. The van der Waals surface area contributed by atoms with E-state index in [1.54, 1.807) is 0 Å². The van der Waals surface area contributed by atoms with Crippen molar-refractivity contribution < 1.29 is 4.79 Å². The zero-order chi connectivity index (χ0) is 13.7. The number of hydrogen-bond donors (Lipinski definition) is 0. The highest BCUT2D eigenvalue weighted by Gasteiger charge is 2.44. The summed E-state index contributed by atoms with van der Waals surface area (Å²) in [5.74, 6) is 3.48. The van der Waals surface area contributed by atoms with Gasteiger partial charge in [-0.1, -0.05) is 13.3 Å². The number of ketones is 1. The third-order valence-corrected chi connectivity index (χ3v) is 6.62. The van der Waals surface area contributed by atoms with Crippen LogP contribution in [-0.4, -0.2) is 28.8 Å². The van der Waals surface area contributed by atoms with Crippen molar-refractivity contribution in [1.82, 2.24) is 4.90 Å². The van der Waals surface area contributed by atoms with E-state index in [2.05, 4.69) is 11.8 Å². The highest BCUT2D eigenvalue weighted by Crippen LogP contribution is 2.46. The highest BCUT2D eigenvalue weighted by molar-refractivity contribution is 5.80. The predicted molar refractivity (Wildman–Crippen MR) is 80.5 cm³/mol. The van der Waals surface area contributed by atoms with Crippen LogP contribution < -0.4 is 0 Å². The normalized spacial score (nSPS) is 49.1. The minimum Gasteiger partial charge on any atom is -0.300 e. The van der Waals surface area contributed by atoms with Crippen LogP contribution in [0.25, 0.3) is 0 Å². The number of hydrogen-bond acceptors (Lipinski definition) is 2. The van der Waals surface area contributed by atoms with Crippen molar-refractivity contribution in [3.8, 4) is 0 Å². The molecule has 0 radical (unpaired) electrons. The van der Waals surface area contributed by atoms with E-state index in [-0.39, 0.29) is 0 Å². The Hall–Kier alpha value is -0.370. The van der Waals surface area contributed by atoms with Gasteiger partial charge in [0.2, 0.25) is 0 Å². The largest absolute Gasteiger partial charge is 0.300 e. The van der Waals surface area contributed by atoms with Crippen molar-refractivity contribution in [3.05, 3.63) is 0 Å². The van der Waals surface area contributed by atoms with Gasteiger partial charge in [-0.05, 0) is 62.7 Å². The van der Waals surface area contributed by atoms with Gasteiger partial charge in [-0.25, -0.2) is 0 Å². The third-order valence-electron chi connectivity index (χ3n) is 6.62. The molecule has 2 heteroatoms. The third kappa shape index (κ3) is 2.34. The first-order valence-corrected chi connectivity index (χ1v) is 8.98. The molecular weight excluding hydrogens is 246 g/mol. The maximum Gasteiger partial charge on any atom is 0.136 e. The van der Waals surface area contributed by atoms with Crippen LogP contribution in [0.1, 0.15) is 71.1 Å². The molecule has 2 aliphatic carbocycles. The minimum absolute atomic E-state index is 0.542. The summed E-state index contributed by atoms with van der Waals surface area (Å²) >= 11 is 0. The second-order valence-corrected chi connectivity index (χ2v) is 8.30. The molecule has 4 aliphatic rings. The maximum atomic E-state index is 11.9. The fraction of sp³-hybridized carbons (Fsp3) is 0.944. The lowest BCUT2D eigenvalue weighted by atomic mass is 9.65. The van der Waals surface area contributed by atoms with Gasteiger partial charge < -0.3 is 0 Å². The molecule has 2 heterocycles. The summed E-state index contributed by atoms with van der Waals surface area (Å²) in [4.78, 5) is 14.8. The predicted octanol–water partition coefficient (Wildman–Crippen LogP) is 3.79. The zero-order valence-electron chi connectivity index (χ0n) is 12.9. The standard InChI is InChI=1S/C18H29NO/c1-12-5-13-7-14(6-12)9-17(8-13)19-15-3-2-4-16(19)11-18(20)10-15/h12-17H,2-11H2,1H3/t12-,13-,14+,15-,16+,17+. The summed E-state index contributed by atoms with van der Waals surface area (Å²) in [7, 11) is 0. The number of carbonyl (C=O) groups is 1. The summed E-state index contributed by atoms with van der Waals surface area (Å²) in [6.07, 6.45) is 12.9. The van der Waals surface area contributed by atoms with Gasteiger partial charge in [0, 0.05) is 31.0 Å². The number of piperidine rings is 2. The molecule has 2 saturated heterocycles. The van der Waals surface area contributed by atoms with Crippen molar-refractivity contribution in [2.75, 3.05) is 0 Å². The molecule has 0 spiro atoms. The van der Waals surface area contributed by atoms with Crippen LogP contribution in [-0.2, 0) is 4.79 Å². The Morgan fingerprint density at radius 3 is 2.05 bits per heavy atom. The number of Topliss-reactive ketones (excluding diaryl/α,β-unsaturated/α-hetero) is 1. The second kappa shape index (κ2) is 5.12. The van der Waals surface area contributed by atoms with E-state index >= 15 is 0 Å². The van der Waals surface area contributed by atoms with Crippen LogP contribution in [0.15, 0.2) is 0 Å². The fourth-order valence-corrected chi connectivity index (χ4v) is 6.20. The van der Waals surface area contributed by atoms with Crippen LogP contribution in [0.5, 0.6) is 0 Å². The molecule has 4 bridgehead atoms. The van der Waals surface area contributed by atoms with Gasteiger partial charge >= 0.3 is 0 Å². The van der Waals surface area contributed by atoms with Gasteiger partial charge in [-0.15, -0.1) is 0 Å². The molecule has 4 fully saturated rings. The topological polar surface area (TPSA) is 20.3 Å². The smallest absolute Gasteiger partial charge is 0.136 e. The average molecular weight is 275 g/mol. The van der Waals surface area contributed by atoms with Gasteiger partial charge in [0.05, 0.1) is 0 Å². The van der Waals surface area contributed by atoms with Crippen molar-refractivity contribution in [3.63, 3.8) is 0 Å². The van der Waals surface area contributed by atoms with Crippen molar-refractivity contribution in [2.24, 2.45) is 17.8 Å². The lowest BCUT2D eigenvalue weighted by Gasteiger charge is -2.53. The molecule has 0 unspecified atom stereocenters. The molecular formula is C18H29NO. The van der Waals surface area contributed by atoms with E-state index in [9.17, 15) is 4.79 Å². The highest BCUT2D eigenvalue weighted by atomic mass is 16.1. The molecule has 2 saturated carbocycles. The van der Waals surface area contributed by atoms with Gasteiger partial charge in [0.15, 0.2) is 0 Å². The van der Waals surface area contributed by atoms with Gasteiger partial charge in [-0.3, -0.25) is 9.69 Å². The molecule has 112 valence electrons. The van der Waals surface area contributed by atoms with Crippen LogP contribution in [0.3, 0.4) is 0 Å². The molecule has 20 heavy (non-hydrogen) atoms. The molecule has 0 aromatic carbocycles. The van der Waals surface area contributed by atoms with Crippen molar-refractivity contribution in [1.29, 1.82) is 0 Å². The first kappa shape index (κ1) is 13.3. The molecule has 2 nitrogen and oxygen atoms in total. The van der Waals surface area contributed by atoms with Gasteiger partial charge in [-0.2, -0.15) is 0 Å². The minimum atomic E-state index is 0.542. The van der Waals surface area contributed by atoms with Crippen molar-refractivity contribution >= 4 is 5.78 Å². The maximum absolute atomic E-state index is 11.9. The average Bonchev–Trinajstić information content (AvgIpc) is 2.35. The Morgan fingerprint density at radius 2 is 1.45 bits per heavy atom. The molecule has 0 amide bonds. The molecule has 4 rings (SSSR count). The van der Waals surface area contributed by atoms with Gasteiger partial charge in [0.25, 0.3) is 0 Å². The molecule has 6 atom stereocenters. The molecule has 0 aromatic heterocycles. The molecule has 0 N–H and O–H groups in total. The summed E-state index contributed by atoms with van der Waals surface area (Å²) in [6, 6.07) is 2.03. The first-order valence-electron chi connectivity index (χ1n) is 8.98. The Labute approximate surface area is 123 Å². The van der Waals surface area contributed by atoms with E-state index in [0.717, 1.165) is 36.6 Å². The first-order chi connectivity index (χ1) is 9.69. The van der Waals surface area contributed by atoms with Gasteiger partial charge in [0.1, 0.15) is 5.78 Å². The number of rotatable bonds is 1. The quantitative estimate of drug-likeness (QED) is 0.725. The number of carbonyl (C=O) groups excluding carboxylic acids is 1. The lowest BCUT2D eigenvalue weighted by molar-refractivity contribution is -0.130. The molecule has 2 aliphatic heterocycles. The summed E-state index contributed by atoms with van der Waals surface area (Å²) in [6.45, 7) is 2.45. The van der Waals surface area contributed by atoms with E-state index in [1.165, 1.54) is 51.4 Å². The zero-order valence-corrected chi connectivity index (χ0v) is 12.9. The van der Waals surface area contributed by atoms with E-state index in [4.69, 9.17) is 0 Å². The van der Waals surface area contributed by atoms with E-state index in [1.807, 2.05) is 0 Å². The summed E-state index contributed by atoms with van der Waals surface area (Å²) < 4.78 is 0. The van der Waals surface area contributed by atoms with Crippen LogP contribution in [0.2, 0.25) is 0 Å². The number of fused-ring (bicyclic) bond motifs is 4.